The van der Waals surface area contributed by atoms with E-state index in [9.17, 15) is 0 Å². The predicted octanol–water partition coefficient (Wildman–Crippen LogP) is 0.349. The molecule has 0 bridgehead atoms. The van der Waals surface area contributed by atoms with Gasteiger partial charge in [-0.25, -0.2) is 9.13 Å². The van der Waals surface area contributed by atoms with Crippen molar-refractivity contribution in [1.29, 1.82) is 0 Å². The van der Waals surface area contributed by atoms with Gasteiger partial charge < -0.3 is 5.11 Å². The molecule has 0 aliphatic carbocycles. The van der Waals surface area contributed by atoms with Crippen LogP contribution in [0, 0.1) is 0 Å². The lowest BCUT2D eigenvalue weighted by atomic mass is 10.4. The zero-order valence-electron chi connectivity index (χ0n) is 7.07. The molecule has 0 saturated carbocycles. The highest BCUT2D eigenvalue weighted by molar-refractivity contribution is 4.69. The molecule has 3 nitrogen and oxygen atoms in total. The zero-order chi connectivity index (χ0) is 8.27. The van der Waals surface area contributed by atoms with Crippen LogP contribution >= 0.6 is 0 Å². The lowest BCUT2D eigenvalue weighted by Gasteiger charge is -1.96. The second-order valence-electron chi connectivity index (χ2n) is 2.92. The number of hydrogen-bond donors (Lipinski definition) is 1. The van der Waals surface area contributed by atoms with E-state index in [0.717, 1.165) is 0 Å². The molecule has 0 atom stereocenters. The third-order valence-corrected chi connectivity index (χ3v) is 1.67. The third-order valence-electron chi connectivity index (χ3n) is 1.67. The van der Waals surface area contributed by atoms with Gasteiger partial charge in [0.1, 0.15) is 18.9 Å². The summed E-state index contributed by atoms with van der Waals surface area (Å²) in [5, 5.41) is 8.64. The molecule has 3 heteroatoms. The average molecular weight is 155 g/mol. The highest BCUT2D eigenvalue weighted by atomic mass is 16.3. The molecule has 0 amide bonds. The summed E-state index contributed by atoms with van der Waals surface area (Å²) in [5.41, 5.74) is 0. The van der Waals surface area contributed by atoms with Gasteiger partial charge in [-0.15, -0.1) is 0 Å². The van der Waals surface area contributed by atoms with Gasteiger partial charge in [0.15, 0.2) is 0 Å². The summed E-state index contributed by atoms with van der Waals surface area (Å²) in [7, 11) is 0. The number of imidazole rings is 1. The van der Waals surface area contributed by atoms with Crippen molar-refractivity contribution in [3.05, 3.63) is 18.7 Å². The normalized spacial score (nSPS) is 10.9. The third kappa shape index (κ3) is 2.05. The molecule has 0 aliphatic heterocycles. The van der Waals surface area contributed by atoms with Gasteiger partial charge in [0, 0.05) is 0 Å². The van der Waals surface area contributed by atoms with Gasteiger partial charge in [-0.05, 0) is 13.8 Å². The van der Waals surface area contributed by atoms with Gasteiger partial charge in [0.05, 0.1) is 12.6 Å². The molecular formula is C8H15N2O+. The van der Waals surface area contributed by atoms with Crippen LogP contribution in [-0.4, -0.2) is 16.3 Å². The Kier molecular flexibility index (Phi) is 2.65. The maximum atomic E-state index is 8.64. The van der Waals surface area contributed by atoms with Crippen LogP contribution in [0.5, 0.6) is 0 Å². The second-order valence-corrected chi connectivity index (χ2v) is 2.92. The fourth-order valence-electron chi connectivity index (χ4n) is 0.964. The van der Waals surface area contributed by atoms with Crippen molar-refractivity contribution in [3.8, 4) is 0 Å². The number of nitrogens with zero attached hydrogens (tertiary/aromatic N) is 2. The number of aliphatic hydroxyl groups excluding tert-OH is 1. The highest BCUT2D eigenvalue weighted by Gasteiger charge is 2.04. The fraction of sp³-hybridized carbons (Fsp3) is 0.625. The van der Waals surface area contributed by atoms with Crippen LogP contribution in [0.2, 0.25) is 0 Å². The topological polar surface area (TPSA) is 29.0 Å². The van der Waals surface area contributed by atoms with E-state index >= 15 is 0 Å². The summed E-state index contributed by atoms with van der Waals surface area (Å²) >= 11 is 0. The Balaban J connectivity index is 2.66. The van der Waals surface area contributed by atoms with Crippen molar-refractivity contribution < 1.29 is 9.67 Å². The number of rotatable bonds is 3. The molecule has 0 spiro atoms. The van der Waals surface area contributed by atoms with Crippen LogP contribution in [-0.2, 0) is 6.54 Å². The first kappa shape index (κ1) is 8.27. The van der Waals surface area contributed by atoms with Crippen molar-refractivity contribution >= 4 is 0 Å². The van der Waals surface area contributed by atoms with Crippen LogP contribution < -0.4 is 4.57 Å². The number of aromatic nitrogens is 2. The molecule has 0 aliphatic rings. The first-order valence-electron chi connectivity index (χ1n) is 3.91. The van der Waals surface area contributed by atoms with Gasteiger partial charge in [0.2, 0.25) is 6.33 Å². The first-order chi connectivity index (χ1) is 5.24. The van der Waals surface area contributed by atoms with E-state index in [2.05, 4.69) is 18.4 Å². The van der Waals surface area contributed by atoms with Crippen molar-refractivity contribution in [3.63, 3.8) is 0 Å². The second kappa shape index (κ2) is 3.53. The largest absolute Gasteiger partial charge is 0.392 e. The van der Waals surface area contributed by atoms with Crippen LogP contribution in [0.25, 0.3) is 0 Å². The molecule has 0 fully saturated rings. The van der Waals surface area contributed by atoms with Gasteiger partial charge in [0.25, 0.3) is 0 Å². The van der Waals surface area contributed by atoms with E-state index in [1.807, 2.05) is 23.3 Å². The minimum Gasteiger partial charge on any atom is -0.392 e. The summed E-state index contributed by atoms with van der Waals surface area (Å²) < 4.78 is 4.08. The van der Waals surface area contributed by atoms with Gasteiger partial charge in [-0.1, -0.05) is 0 Å². The van der Waals surface area contributed by atoms with E-state index < -0.39 is 0 Å². The Bertz CT molecular complexity index is 218. The summed E-state index contributed by atoms with van der Waals surface area (Å²) in [6, 6.07) is 0.495. The molecule has 0 radical (unpaired) electrons. The molecule has 1 rings (SSSR count). The van der Waals surface area contributed by atoms with E-state index in [1.54, 1.807) is 0 Å². The lowest BCUT2D eigenvalue weighted by Crippen LogP contribution is -2.32. The summed E-state index contributed by atoms with van der Waals surface area (Å²) in [6.07, 6.45) is 5.98. The van der Waals surface area contributed by atoms with E-state index in [0.29, 0.717) is 12.6 Å². The smallest absolute Gasteiger partial charge is 0.244 e. The maximum absolute atomic E-state index is 8.64. The van der Waals surface area contributed by atoms with Crippen LogP contribution in [0.15, 0.2) is 18.7 Å². The Morgan fingerprint density at radius 2 is 2.27 bits per heavy atom. The molecule has 62 valence electrons. The average Bonchev–Trinajstić information content (AvgIpc) is 2.37. The minimum absolute atomic E-state index is 0.201. The Hall–Kier alpha value is -0.830. The predicted molar refractivity (Wildman–Crippen MR) is 42.1 cm³/mol. The molecule has 0 saturated heterocycles. The summed E-state index contributed by atoms with van der Waals surface area (Å²) in [6.45, 7) is 5.14. The molecule has 0 aromatic carbocycles. The Morgan fingerprint density at radius 3 is 2.73 bits per heavy atom. The fourth-order valence-corrected chi connectivity index (χ4v) is 0.964. The van der Waals surface area contributed by atoms with Gasteiger partial charge >= 0.3 is 0 Å². The van der Waals surface area contributed by atoms with Crippen molar-refractivity contribution in [2.75, 3.05) is 6.61 Å². The number of hydrogen-bond acceptors (Lipinski definition) is 1. The SMILES string of the molecule is CC(C)n1cc[n+](CCO)c1. The zero-order valence-corrected chi connectivity index (χ0v) is 7.07. The van der Waals surface area contributed by atoms with Gasteiger partial charge in [-0.3, -0.25) is 0 Å². The molecule has 1 heterocycles. The molecule has 1 N–H and O–H groups in total. The summed E-state index contributed by atoms with van der Waals surface area (Å²) in [4.78, 5) is 0. The first-order valence-corrected chi connectivity index (χ1v) is 3.91. The highest BCUT2D eigenvalue weighted by Crippen LogP contribution is 1.99. The van der Waals surface area contributed by atoms with E-state index in [1.165, 1.54) is 0 Å². The van der Waals surface area contributed by atoms with Gasteiger partial charge in [-0.2, -0.15) is 0 Å². The Labute approximate surface area is 66.9 Å². The van der Waals surface area contributed by atoms with Crippen molar-refractivity contribution in [2.24, 2.45) is 0 Å². The quantitative estimate of drug-likeness (QED) is 0.627. The van der Waals surface area contributed by atoms with E-state index in [4.69, 9.17) is 5.11 Å². The van der Waals surface area contributed by atoms with Crippen molar-refractivity contribution in [2.45, 2.75) is 26.4 Å². The maximum Gasteiger partial charge on any atom is 0.244 e. The lowest BCUT2D eigenvalue weighted by molar-refractivity contribution is -0.697. The van der Waals surface area contributed by atoms with E-state index in [-0.39, 0.29) is 6.61 Å². The monoisotopic (exact) mass is 155 g/mol. The number of aliphatic hydroxyl groups is 1. The van der Waals surface area contributed by atoms with Crippen LogP contribution in [0.1, 0.15) is 19.9 Å². The minimum atomic E-state index is 0.201. The molecule has 0 unspecified atom stereocenters. The molecular weight excluding hydrogens is 140 g/mol. The van der Waals surface area contributed by atoms with Crippen molar-refractivity contribution in [1.82, 2.24) is 4.57 Å². The molecule has 1 aromatic heterocycles. The Morgan fingerprint density at radius 1 is 1.55 bits per heavy atom. The van der Waals surface area contributed by atoms with Crippen LogP contribution in [0.4, 0.5) is 0 Å². The molecule has 11 heavy (non-hydrogen) atoms. The summed E-state index contributed by atoms with van der Waals surface area (Å²) in [5.74, 6) is 0. The standard InChI is InChI=1S/C8H15N2O/c1-8(2)10-4-3-9(7-10)5-6-11/h3-4,7-8,11H,5-6H2,1-2H3/q+1. The molecule has 1 aromatic rings. The van der Waals surface area contributed by atoms with Crippen LogP contribution in [0.3, 0.4) is 0 Å².